The van der Waals surface area contributed by atoms with Gasteiger partial charge in [0, 0.05) is 0 Å². The summed E-state index contributed by atoms with van der Waals surface area (Å²) < 4.78 is 18.2. The Bertz CT molecular complexity index is 91.2. The molecule has 0 heterocycles. The second-order valence-corrected chi connectivity index (χ2v) is 4.96. The molecule has 0 atom stereocenters. The molecule has 0 fully saturated rings. The van der Waals surface area contributed by atoms with E-state index in [0.717, 1.165) is 0 Å². The predicted molar refractivity (Wildman–Crippen MR) is 32.7 cm³/mol. The molecule has 0 rings (SSSR count). The van der Waals surface area contributed by atoms with Crippen molar-refractivity contribution in [3.63, 3.8) is 0 Å². The van der Waals surface area contributed by atoms with Gasteiger partial charge < -0.3 is 0 Å². The zero-order valence-corrected chi connectivity index (χ0v) is 8.31. The van der Waals surface area contributed by atoms with E-state index in [4.69, 9.17) is 20.4 Å². The average molecular weight is 236 g/mol. The van der Waals surface area contributed by atoms with E-state index in [-0.39, 0.29) is 0 Å². The van der Waals surface area contributed by atoms with Crippen LogP contribution in [-0.4, -0.2) is 47.6 Å². The van der Waals surface area contributed by atoms with Crippen LogP contribution in [0.25, 0.3) is 0 Å². The van der Waals surface area contributed by atoms with Gasteiger partial charge in [0.15, 0.2) is 0 Å². The van der Waals surface area contributed by atoms with Crippen LogP contribution < -0.4 is 0 Å². The molecule has 0 aromatic rings. The van der Waals surface area contributed by atoms with Crippen LogP contribution in [0.15, 0.2) is 0 Å². The van der Waals surface area contributed by atoms with Gasteiger partial charge in [0.2, 0.25) is 0 Å². The molecule has 4 N–H and O–H groups in total. The van der Waals surface area contributed by atoms with Gasteiger partial charge in [-0.1, -0.05) is 0 Å². The first-order valence-electron chi connectivity index (χ1n) is 3.24. The van der Waals surface area contributed by atoms with E-state index >= 15 is 0 Å². The third kappa shape index (κ3) is 4.98. The maximum atomic E-state index is 8.42. The predicted octanol–water partition coefficient (Wildman–Crippen LogP) is -2.33. The first kappa shape index (κ1) is 13.4. The van der Waals surface area contributed by atoms with Crippen molar-refractivity contribution in [2.45, 2.75) is 0 Å². The summed E-state index contributed by atoms with van der Waals surface area (Å²) in [4.78, 5) is 0. The monoisotopic (exact) mass is 236 g/mol. The van der Waals surface area contributed by atoms with E-state index in [2.05, 4.69) is 13.3 Å². The first-order valence-corrected chi connectivity index (χ1v) is 5.79. The summed E-state index contributed by atoms with van der Waals surface area (Å²) in [6.07, 6.45) is 0. The maximum absolute atomic E-state index is 8.42. The minimum absolute atomic E-state index is 0.764. The van der Waals surface area contributed by atoms with E-state index in [1.807, 2.05) is 0 Å². The second kappa shape index (κ2) is 7.77. The Balaban J connectivity index is 4.19. The van der Waals surface area contributed by atoms with Gasteiger partial charge in [-0.15, -0.1) is 0 Å². The van der Waals surface area contributed by atoms with E-state index in [1.54, 1.807) is 0 Å². The van der Waals surface area contributed by atoms with Crippen molar-refractivity contribution in [1.82, 2.24) is 0 Å². The number of aliphatic hydroxyl groups excluding tert-OH is 4. The minimum atomic E-state index is -4.32. The molecule has 0 bridgehead atoms. The number of hydrogen-bond acceptors (Lipinski definition) is 8. The Morgan fingerprint density at radius 2 is 0.846 bits per heavy atom. The normalized spacial score (nSPS) is 12.0. The van der Waals surface area contributed by atoms with Crippen molar-refractivity contribution in [3.8, 4) is 0 Å². The zero-order chi connectivity index (χ0) is 10.2. The van der Waals surface area contributed by atoms with Gasteiger partial charge in [-0.05, 0) is 0 Å². The van der Waals surface area contributed by atoms with Gasteiger partial charge in [0.25, 0.3) is 0 Å². The van der Waals surface area contributed by atoms with Crippen LogP contribution in [0, 0.1) is 0 Å². The summed E-state index contributed by atoms with van der Waals surface area (Å²) in [5, 5.41) is 33.7. The fraction of sp³-hybridized carbons (Fsp3) is 1.00. The number of rotatable bonds is 8. The molecule has 0 unspecified atom stereocenters. The molecule has 8 nitrogen and oxygen atoms in total. The molecule has 80 valence electrons. The van der Waals surface area contributed by atoms with Crippen LogP contribution in [0.2, 0.25) is 0 Å². The summed E-state index contributed by atoms with van der Waals surface area (Å²) in [6, 6.07) is 0. The van der Waals surface area contributed by atoms with Gasteiger partial charge in [-0.3, -0.25) is 0 Å². The van der Waals surface area contributed by atoms with Gasteiger partial charge in [-0.2, -0.15) is 0 Å². The standard InChI is InChI=1S/4CH3O2.Ti/c4*2-1-3;/h4*2H,1H2;/q4*-1;+4. The van der Waals surface area contributed by atoms with Crippen LogP contribution in [0.3, 0.4) is 0 Å². The molecule has 0 aromatic heterocycles. The third-order valence-corrected chi connectivity index (χ3v) is 3.98. The van der Waals surface area contributed by atoms with E-state index in [1.165, 1.54) is 0 Å². The molecule has 9 heteroatoms. The molecule has 0 saturated carbocycles. The Morgan fingerprint density at radius 3 is 1.00 bits per heavy atom. The van der Waals surface area contributed by atoms with Crippen molar-refractivity contribution in [1.29, 1.82) is 0 Å². The van der Waals surface area contributed by atoms with Crippen molar-refractivity contribution in [3.05, 3.63) is 0 Å². The van der Waals surface area contributed by atoms with Gasteiger partial charge >= 0.3 is 79.0 Å². The van der Waals surface area contributed by atoms with Gasteiger partial charge in [0.1, 0.15) is 0 Å². The van der Waals surface area contributed by atoms with Crippen LogP contribution >= 0.6 is 0 Å². The van der Waals surface area contributed by atoms with E-state index < -0.39 is 45.3 Å². The zero-order valence-electron chi connectivity index (χ0n) is 6.75. The number of hydrogen-bond donors (Lipinski definition) is 4. The summed E-state index contributed by atoms with van der Waals surface area (Å²) in [5.41, 5.74) is 0. The third-order valence-electron chi connectivity index (χ3n) is 0.965. The molecule has 13 heavy (non-hydrogen) atoms. The molecule has 0 aromatic carbocycles. The SMILES string of the molecule is OC[O][Ti]([O]CO)([O]CO)[O]CO. The molecule has 0 saturated heterocycles. The fourth-order valence-electron chi connectivity index (χ4n) is 0.566. The van der Waals surface area contributed by atoms with Crippen molar-refractivity contribution in [2.75, 3.05) is 27.2 Å². The molecule has 0 amide bonds. The summed E-state index contributed by atoms with van der Waals surface area (Å²) in [6.45, 7) is -3.06. The van der Waals surface area contributed by atoms with Crippen molar-refractivity contribution >= 4 is 0 Å². The molecule has 0 aliphatic heterocycles. The Morgan fingerprint density at radius 1 is 0.615 bits per heavy atom. The van der Waals surface area contributed by atoms with Crippen molar-refractivity contribution in [2.24, 2.45) is 0 Å². The Kier molecular flexibility index (Phi) is 8.00. The fourth-order valence-corrected chi connectivity index (χ4v) is 2.33. The van der Waals surface area contributed by atoms with Crippen LogP contribution in [-0.2, 0) is 31.4 Å². The molecule has 0 spiro atoms. The van der Waals surface area contributed by atoms with Crippen molar-refractivity contribution < 1.29 is 51.8 Å². The van der Waals surface area contributed by atoms with Crippen LogP contribution in [0.4, 0.5) is 0 Å². The summed E-state index contributed by atoms with van der Waals surface area (Å²) in [7, 11) is 0. The topological polar surface area (TPSA) is 118 Å². The Labute approximate surface area is 79.5 Å². The van der Waals surface area contributed by atoms with Crippen LogP contribution in [0.5, 0.6) is 0 Å². The Hall–Kier alpha value is 0.394. The summed E-state index contributed by atoms with van der Waals surface area (Å²) >= 11 is -4.32. The number of aliphatic hydroxyl groups is 4. The molecule has 0 aliphatic rings. The van der Waals surface area contributed by atoms with E-state index in [9.17, 15) is 0 Å². The second-order valence-electron chi connectivity index (χ2n) is 1.59. The first-order chi connectivity index (χ1) is 6.24. The molecular weight excluding hydrogens is 224 g/mol. The van der Waals surface area contributed by atoms with Crippen LogP contribution in [0.1, 0.15) is 0 Å². The molecular formula is C4H12O8Ti. The van der Waals surface area contributed by atoms with Gasteiger partial charge in [-0.25, -0.2) is 0 Å². The molecule has 0 radical (unpaired) electrons. The molecule has 0 aliphatic carbocycles. The van der Waals surface area contributed by atoms with Gasteiger partial charge in [0.05, 0.1) is 0 Å². The average Bonchev–Trinajstić information content (AvgIpc) is 2.06. The summed E-state index contributed by atoms with van der Waals surface area (Å²) in [5.74, 6) is 0. The quantitative estimate of drug-likeness (QED) is 0.273. The van der Waals surface area contributed by atoms with E-state index in [0.29, 0.717) is 0 Å².